The van der Waals surface area contributed by atoms with Gasteiger partial charge in [-0.2, -0.15) is 0 Å². The Kier molecular flexibility index (Phi) is 17.9. The summed E-state index contributed by atoms with van der Waals surface area (Å²) in [5.41, 5.74) is 0. The van der Waals surface area contributed by atoms with Gasteiger partial charge in [0.15, 0.2) is 11.6 Å². The average Bonchev–Trinajstić information content (AvgIpc) is 2.81. The van der Waals surface area contributed by atoms with E-state index in [1.807, 2.05) is 13.8 Å². The molecule has 9 nitrogen and oxygen atoms in total. The summed E-state index contributed by atoms with van der Waals surface area (Å²) in [5.74, 6) is -0.537. The van der Waals surface area contributed by atoms with Gasteiger partial charge in [0.05, 0.1) is 12.1 Å². The van der Waals surface area contributed by atoms with E-state index in [2.05, 4.69) is 24.5 Å². The average molecular weight is 540 g/mol. The van der Waals surface area contributed by atoms with Crippen LogP contribution in [0.5, 0.6) is 0 Å². The Bertz CT molecular complexity index is 753. The fourth-order valence-corrected chi connectivity index (χ4v) is 4.69. The SMILES string of the molecule is CN[C@@H](CC(C)C)C(=O)N[C@H](C(=O)CCCCCCC(=O)[C@@H]([C@@H](OC(C)=O)[C@H](C)CC=O)N(C)C)C(C)C. The number of esters is 1. The summed E-state index contributed by atoms with van der Waals surface area (Å²) in [6, 6.07) is -1.46. The maximum Gasteiger partial charge on any atom is 0.302 e. The number of hydrogen-bond acceptors (Lipinski definition) is 8. The molecule has 0 aromatic rings. The van der Waals surface area contributed by atoms with E-state index < -0.39 is 24.2 Å². The highest BCUT2D eigenvalue weighted by molar-refractivity contribution is 5.91. The molecule has 0 aliphatic heterocycles. The molecular formula is C29H53N3O6. The quantitative estimate of drug-likeness (QED) is 0.129. The molecule has 38 heavy (non-hydrogen) atoms. The zero-order chi connectivity index (χ0) is 29.4. The van der Waals surface area contributed by atoms with Gasteiger partial charge >= 0.3 is 5.97 Å². The monoisotopic (exact) mass is 539 g/mol. The predicted molar refractivity (Wildman–Crippen MR) is 150 cm³/mol. The van der Waals surface area contributed by atoms with E-state index >= 15 is 0 Å². The molecule has 0 saturated heterocycles. The van der Waals surface area contributed by atoms with Crippen LogP contribution < -0.4 is 10.6 Å². The van der Waals surface area contributed by atoms with Gasteiger partial charge in [0.1, 0.15) is 18.4 Å². The van der Waals surface area contributed by atoms with E-state index in [1.165, 1.54) is 6.92 Å². The van der Waals surface area contributed by atoms with Crippen molar-refractivity contribution in [2.45, 2.75) is 117 Å². The number of ketones is 2. The number of ether oxygens (including phenoxy) is 1. The maximum absolute atomic E-state index is 13.1. The Morgan fingerprint density at radius 1 is 0.895 bits per heavy atom. The molecule has 0 aromatic carbocycles. The summed E-state index contributed by atoms with van der Waals surface area (Å²) in [7, 11) is 5.29. The first kappa shape index (κ1) is 35.9. The maximum atomic E-state index is 13.1. The second-order valence-corrected chi connectivity index (χ2v) is 11.4. The van der Waals surface area contributed by atoms with Crippen molar-refractivity contribution in [3.63, 3.8) is 0 Å². The number of amides is 1. The lowest BCUT2D eigenvalue weighted by atomic mass is 9.90. The third-order valence-electron chi connectivity index (χ3n) is 6.81. The Morgan fingerprint density at radius 3 is 1.87 bits per heavy atom. The van der Waals surface area contributed by atoms with E-state index in [1.54, 1.807) is 33.0 Å². The van der Waals surface area contributed by atoms with E-state index in [0.29, 0.717) is 38.0 Å². The summed E-state index contributed by atoms with van der Waals surface area (Å²) in [6.07, 6.45) is 4.64. The smallest absolute Gasteiger partial charge is 0.302 e. The molecule has 0 radical (unpaired) electrons. The van der Waals surface area contributed by atoms with Crippen LogP contribution in [-0.2, 0) is 28.7 Å². The normalized spacial score (nSPS) is 15.6. The Morgan fingerprint density at radius 2 is 1.45 bits per heavy atom. The van der Waals surface area contributed by atoms with Crippen molar-refractivity contribution in [1.82, 2.24) is 15.5 Å². The lowest BCUT2D eigenvalue weighted by Crippen LogP contribution is -2.51. The standard InChI is InChI=1S/C29H53N3O6/c1-19(2)18-23(30-7)29(37)31-26(20(3)4)24(35)14-12-10-11-13-15-25(36)27(32(8)9)28(38-22(6)34)21(5)16-17-33/h17,19-21,23,26-28,30H,10-16,18H2,1-9H3,(H,31,37)/t21-,23+,26+,27+,28+/m1/s1. The van der Waals surface area contributed by atoms with Crippen LogP contribution in [0.15, 0.2) is 0 Å². The predicted octanol–water partition coefficient (Wildman–Crippen LogP) is 3.33. The van der Waals surface area contributed by atoms with Crippen LogP contribution in [0, 0.1) is 17.8 Å². The highest BCUT2D eigenvalue weighted by Crippen LogP contribution is 2.21. The molecule has 0 aromatic heterocycles. The van der Waals surface area contributed by atoms with Crippen molar-refractivity contribution in [1.29, 1.82) is 0 Å². The van der Waals surface area contributed by atoms with Crippen molar-refractivity contribution in [2.75, 3.05) is 21.1 Å². The lowest BCUT2D eigenvalue weighted by molar-refractivity contribution is -0.155. The Labute approximate surface area is 230 Å². The number of aldehydes is 1. The van der Waals surface area contributed by atoms with Crippen LogP contribution in [0.25, 0.3) is 0 Å². The summed E-state index contributed by atoms with van der Waals surface area (Å²) < 4.78 is 5.46. The first-order valence-corrected chi connectivity index (χ1v) is 14.1. The first-order chi connectivity index (χ1) is 17.8. The van der Waals surface area contributed by atoms with Gasteiger partial charge in [-0.1, -0.05) is 47.5 Å². The summed E-state index contributed by atoms with van der Waals surface area (Å²) in [6.45, 7) is 11.1. The molecule has 0 aliphatic rings. The van der Waals surface area contributed by atoms with E-state index in [4.69, 9.17) is 4.74 Å². The molecule has 0 spiro atoms. The zero-order valence-corrected chi connectivity index (χ0v) is 25.2. The Balaban J connectivity index is 4.81. The Hall–Kier alpha value is -2.13. The second kappa shape index (κ2) is 19.0. The molecule has 0 heterocycles. The fraction of sp³-hybridized carbons (Fsp3) is 0.828. The van der Waals surface area contributed by atoms with Crippen LogP contribution in [-0.4, -0.2) is 80.0 Å². The largest absolute Gasteiger partial charge is 0.460 e. The van der Waals surface area contributed by atoms with Gasteiger partial charge in [-0.05, 0) is 52.2 Å². The molecule has 5 atom stereocenters. The van der Waals surface area contributed by atoms with Gasteiger partial charge < -0.3 is 20.2 Å². The highest BCUT2D eigenvalue weighted by Gasteiger charge is 2.36. The number of likely N-dealkylation sites (N-methyl/N-ethyl adjacent to an activating group) is 2. The molecule has 9 heteroatoms. The number of nitrogens with zero attached hydrogens (tertiary/aromatic N) is 1. The van der Waals surface area contributed by atoms with E-state index in [0.717, 1.165) is 19.1 Å². The van der Waals surface area contributed by atoms with Crippen molar-refractivity contribution < 1.29 is 28.7 Å². The number of unbranched alkanes of at least 4 members (excludes halogenated alkanes) is 3. The molecule has 0 saturated carbocycles. The minimum Gasteiger partial charge on any atom is -0.460 e. The molecule has 220 valence electrons. The number of carbonyl (C=O) groups is 5. The highest BCUT2D eigenvalue weighted by atomic mass is 16.5. The minimum absolute atomic E-state index is 0.00429. The van der Waals surface area contributed by atoms with Gasteiger partial charge in [-0.25, -0.2) is 0 Å². The van der Waals surface area contributed by atoms with Gasteiger partial charge in [-0.15, -0.1) is 0 Å². The van der Waals surface area contributed by atoms with Gasteiger partial charge in [0.2, 0.25) is 5.91 Å². The third kappa shape index (κ3) is 13.6. The summed E-state index contributed by atoms with van der Waals surface area (Å²) >= 11 is 0. The van der Waals surface area contributed by atoms with Gasteiger partial charge in [0, 0.05) is 32.1 Å². The number of Topliss-reactive ketones (excluding diaryl/α,β-unsaturated/α-hetero) is 2. The number of nitrogens with one attached hydrogen (secondary N) is 2. The van der Waals surface area contributed by atoms with Crippen molar-refractivity contribution in [3.8, 4) is 0 Å². The molecule has 0 bridgehead atoms. The number of hydrogen-bond donors (Lipinski definition) is 2. The molecule has 2 N–H and O–H groups in total. The van der Waals surface area contributed by atoms with Crippen LogP contribution in [0.2, 0.25) is 0 Å². The van der Waals surface area contributed by atoms with E-state index in [-0.39, 0.29) is 41.8 Å². The lowest BCUT2D eigenvalue weighted by Gasteiger charge is -2.33. The van der Waals surface area contributed by atoms with Gasteiger partial charge in [-0.3, -0.25) is 24.1 Å². The fourth-order valence-electron chi connectivity index (χ4n) is 4.69. The van der Waals surface area contributed by atoms with Crippen LogP contribution in [0.4, 0.5) is 0 Å². The molecule has 0 fully saturated rings. The zero-order valence-electron chi connectivity index (χ0n) is 25.2. The minimum atomic E-state index is -0.691. The molecule has 0 aliphatic carbocycles. The summed E-state index contributed by atoms with van der Waals surface area (Å²) in [5, 5.41) is 5.99. The van der Waals surface area contributed by atoms with Gasteiger partial charge in [0.25, 0.3) is 0 Å². The number of rotatable bonds is 21. The van der Waals surface area contributed by atoms with E-state index in [9.17, 15) is 24.0 Å². The van der Waals surface area contributed by atoms with Crippen LogP contribution >= 0.6 is 0 Å². The first-order valence-electron chi connectivity index (χ1n) is 14.1. The topological polar surface area (TPSA) is 122 Å². The number of carbonyl (C=O) groups excluding carboxylic acids is 5. The van der Waals surface area contributed by atoms with Crippen molar-refractivity contribution in [2.24, 2.45) is 17.8 Å². The van der Waals surface area contributed by atoms with Crippen LogP contribution in [0.3, 0.4) is 0 Å². The molecule has 0 unspecified atom stereocenters. The molecular weight excluding hydrogens is 486 g/mol. The van der Waals surface area contributed by atoms with Crippen LogP contribution in [0.1, 0.15) is 92.9 Å². The van der Waals surface area contributed by atoms with Crippen molar-refractivity contribution in [3.05, 3.63) is 0 Å². The molecule has 1 amide bonds. The second-order valence-electron chi connectivity index (χ2n) is 11.4. The molecule has 0 rings (SSSR count). The third-order valence-corrected chi connectivity index (χ3v) is 6.81. The summed E-state index contributed by atoms with van der Waals surface area (Å²) in [4.78, 5) is 63.0. The van der Waals surface area contributed by atoms with Crippen molar-refractivity contribution >= 4 is 29.7 Å².